The topological polar surface area (TPSA) is 116 Å². The number of methoxy groups -OCH3 is 3. The third kappa shape index (κ3) is 5.89. The van der Waals surface area contributed by atoms with Crippen molar-refractivity contribution in [3.8, 4) is 17.2 Å². The van der Waals surface area contributed by atoms with Gasteiger partial charge in [-0.1, -0.05) is 23.9 Å². The minimum absolute atomic E-state index is 0.229. The average Bonchev–Trinajstić information content (AvgIpc) is 2.86. The number of esters is 1. The molecule has 0 bridgehead atoms. The van der Waals surface area contributed by atoms with Gasteiger partial charge in [0.2, 0.25) is 5.75 Å². The summed E-state index contributed by atoms with van der Waals surface area (Å²) in [6.07, 6.45) is 0. The predicted molar refractivity (Wildman–Crippen MR) is 133 cm³/mol. The molecule has 2 aromatic carbocycles. The fourth-order valence-corrected chi connectivity index (χ4v) is 4.49. The van der Waals surface area contributed by atoms with Crippen LogP contribution in [0.4, 0.5) is 0 Å². The van der Waals surface area contributed by atoms with E-state index in [0.29, 0.717) is 45.0 Å². The Labute approximate surface area is 208 Å². The lowest BCUT2D eigenvalue weighted by atomic mass is 9.96. The van der Waals surface area contributed by atoms with E-state index in [1.54, 1.807) is 50.2 Å². The zero-order valence-electron chi connectivity index (χ0n) is 20.2. The highest BCUT2D eigenvalue weighted by atomic mass is 32.2. The van der Waals surface area contributed by atoms with E-state index in [-0.39, 0.29) is 12.2 Å². The maximum absolute atomic E-state index is 12.9. The molecule has 0 amide bonds. The molecule has 3 rings (SSSR count). The molecular formula is C25H28N2O7S. The van der Waals surface area contributed by atoms with E-state index in [9.17, 15) is 9.59 Å². The summed E-state index contributed by atoms with van der Waals surface area (Å²) in [5.74, 6) is 0.453. The van der Waals surface area contributed by atoms with Gasteiger partial charge in [0.25, 0.3) is 0 Å². The first kappa shape index (κ1) is 26.0. The number of ether oxygens (including phenoxy) is 4. The van der Waals surface area contributed by atoms with Gasteiger partial charge >= 0.3 is 11.9 Å². The van der Waals surface area contributed by atoms with E-state index >= 15 is 0 Å². The number of rotatable bonds is 9. The van der Waals surface area contributed by atoms with Crippen LogP contribution in [-0.2, 0) is 15.3 Å². The van der Waals surface area contributed by atoms with Crippen molar-refractivity contribution in [1.82, 2.24) is 5.32 Å². The van der Waals surface area contributed by atoms with Crippen LogP contribution in [0.5, 0.6) is 17.2 Å². The van der Waals surface area contributed by atoms with Crippen molar-refractivity contribution in [3.05, 3.63) is 64.4 Å². The van der Waals surface area contributed by atoms with Crippen molar-refractivity contribution in [2.45, 2.75) is 25.6 Å². The van der Waals surface area contributed by atoms with Gasteiger partial charge in [-0.3, -0.25) is 0 Å². The highest BCUT2D eigenvalue weighted by Gasteiger charge is 2.32. The number of nitrogens with one attached hydrogen (secondary N) is 1. The number of hydrogen-bond acceptors (Lipinski definition) is 9. The fraction of sp³-hybridized carbons (Fsp3) is 0.320. The Hall–Kier alpha value is -3.66. The van der Waals surface area contributed by atoms with E-state index in [1.807, 2.05) is 0 Å². The number of thioether (sulfide) groups is 1. The van der Waals surface area contributed by atoms with Crippen LogP contribution in [0.15, 0.2) is 52.7 Å². The number of carboxylic acid groups (broad SMARTS) is 1. The maximum Gasteiger partial charge on any atom is 0.338 e. The van der Waals surface area contributed by atoms with Gasteiger partial charge in [-0.05, 0) is 49.2 Å². The third-order valence-electron chi connectivity index (χ3n) is 5.29. The molecule has 2 N–H and O–H groups in total. The zero-order chi connectivity index (χ0) is 25.5. The van der Waals surface area contributed by atoms with Gasteiger partial charge in [-0.2, -0.15) is 0 Å². The lowest BCUT2D eigenvalue weighted by Crippen LogP contribution is -2.30. The summed E-state index contributed by atoms with van der Waals surface area (Å²) < 4.78 is 21.7. The second kappa shape index (κ2) is 11.7. The smallest absolute Gasteiger partial charge is 0.338 e. The van der Waals surface area contributed by atoms with Crippen LogP contribution in [0, 0.1) is 0 Å². The molecule has 1 aliphatic rings. The largest absolute Gasteiger partial charge is 0.493 e. The Balaban J connectivity index is 1.97. The van der Waals surface area contributed by atoms with Gasteiger partial charge < -0.3 is 29.4 Å². The quantitative estimate of drug-likeness (QED) is 0.489. The molecule has 9 nitrogen and oxygen atoms in total. The van der Waals surface area contributed by atoms with Gasteiger partial charge in [-0.25, -0.2) is 14.6 Å². The molecule has 1 aliphatic heterocycles. The Bertz CT molecular complexity index is 1130. The van der Waals surface area contributed by atoms with Crippen LogP contribution in [-0.4, -0.2) is 50.1 Å². The van der Waals surface area contributed by atoms with Gasteiger partial charge in [0.05, 0.1) is 39.1 Å². The van der Waals surface area contributed by atoms with Crippen LogP contribution < -0.4 is 19.5 Å². The van der Waals surface area contributed by atoms with Crippen molar-refractivity contribution in [3.63, 3.8) is 0 Å². The Kier molecular flexibility index (Phi) is 8.64. The number of amidine groups is 1. The SMILES string of the molecule is CCOC(=O)C1=C(C)NC(SCc2ccc(C(=O)O)cc2)=N[C@H]1c1cc(OC)c(OC)c(OC)c1. The van der Waals surface area contributed by atoms with Gasteiger partial charge in [0.15, 0.2) is 16.7 Å². The van der Waals surface area contributed by atoms with E-state index in [1.165, 1.54) is 33.1 Å². The number of aliphatic imine (C=N–C) groups is 1. The Morgan fingerprint density at radius 2 is 1.69 bits per heavy atom. The standard InChI is InChI=1S/C25H28N2O7S/c1-6-34-24(30)20-14(2)26-25(35-13-15-7-9-16(10-8-15)23(28)29)27-21(20)17-11-18(31-3)22(33-5)19(12-17)32-4/h7-12,21H,6,13H2,1-5H3,(H,26,27)(H,28,29)/t21-/m0/s1. The van der Waals surface area contributed by atoms with Gasteiger partial charge in [0, 0.05) is 11.4 Å². The number of aromatic carboxylic acids is 1. The molecule has 0 aromatic heterocycles. The Morgan fingerprint density at radius 1 is 1.06 bits per heavy atom. The van der Waals surface area contributed by atoms with Crippen LogP contribution in [0.2, 0.25) is 0 Å². The molecular weight excluding hydrogens is 472 g/mol. The molecule has 0 saturated carbocycles. The molecule has 0 saturated heterocycles. The van der Waals surface area contributed by atoms with E-state index < -0.39 is 18.0 Å². The molecule has 0 spiro atoms. The van der Waals surface area contributed by atoms with Crippen LogP contribution in [0.1, 0.15) is 41.4 Å². The number of benzene rings is 2. The molecule has 0 fully saturated rings. The monoisotopic (exact) mass is 500 g/mol. The normalized spacial score (nSPS) is 15.1. The fourth-order valence-electron chi connectivity index (χ4n) is 3.59. The summed E-state index contributed by atoms with van der Waals surface area (Å²) >= 11 is 1.44. The summed E-state index contributed by atoms with van der Waals surface area (Å²) in [6.45, 7) is 3.78. The van der Waals surface area contributed by atoms with Gasteiger partial charge in [0.1, 0.15) is 6.04 Å². The highest BCUT2D eigenvalue weighted by molar-refractivity contribution is 8.13. The van der Waals surface area contributed by atoms with Crippen LogP contribution >= 0.6 is 11.8 Å². The van der Waals surface area contributed by atoms with Crippen LogP contribution in [0.25, 0.3) is 0 Å². The minimum atomic E-state index is -0.969. The molecule has 35 heavy (non-hydrogen) atoms. The first-order chi connectivity index (χ1) is 16.8. The number of carbonyl (C=O) groups is 2. The number of nitrogens with zero attached hydrogens (tertiary/aromatic N) is 1. The second-order valence-corrected chi connectivity index (χ2v) is 8.43. The van der Waals surface area contributed by atoms with Crippen molar-refractivity contribution in [1.29, 1.82) is 0 Å². The summed E-state index contributed by atoms with van der Waals surface area (Å²) in [5.41, 5.74) is 2.85. The molecule has 1 heterocycles. The van der Waals surface area contributed by atoms with Crippen molar-refractivity contribution in [2.24, 2.45) is 4.99 Å². The lowest BCUT2D eigenvalue weighted by Gasteiger charge is -2.26. The summed E-state index contributed by atoms with van der Waals surface area (Å²) in [4.78, 5) is 28.8. The molecule has 0 unspecified atom stereocenters. The molecule has 0 aliphatic carbocycles. The molecule has 10 heteroatoms. The third-order valence-corrected chi connectivity index (χ3v) is 6.25. The summed E-state index contributed by atoms with van der Waals surface area (Å²) in [6, 6.07) is 9.53. The Morgan fingerprint density at radius 3 is 2.20 bits per heavy atom. The number of carbonyl (C=O) groups excluding carboxylic acids is 1. The lowest BCUT2D eigenvalue weighted by molar-refractivity contribution is -0.138. The molecule has 1 atom stereocenters. The predicted octanol–water partition coefficient (Wildman–Crippen LogP) is 4.18. The molecule has 186 valence electrons. The van der Waals surface area contributed by atoms with E-state index in [0.717, 1.165) is 5.56 Å². The van der Waals surface area contributed by atoms with E-state index in [4.69, 9.17) is 29.0 Å². The molecule has 2 aromatic rings. The van der Waals surface area contributed by atoms with Gasteiger partial charge in [-0.15, -0.1) is 0 Å². The zero-order valence-corrected chi connectivity index (χ0v) is 21.0. The molecule has 0 radical (unpaired) electrons. The highest BCUT2D eigenvalue weighted by Crippen LogP contribution is 2.43. The number of allylic oxidation sites excluding steroid dienone is 1. The second-order valence-electron chi connectivity index (χ2n) is 7.47. The first-order valence-corrected chi connectivity index (χ1v) is 11.8. The minimum Gasteiger partial charge on any atom is -0.493 e. The van der Waals surface area contributed by atoms with Crippen molar-refractivity contribution < 1.29 is 33.6 Å². The number of hydrogen-bond donors (Lipinski definition) is 2. The first-order valence-electron chi connectivity index (χ1n) is 10.8. The average molecular weight is 501 g/mol. The summed E-state index contributed by atoms with van der Waals surface area (Å²) in [7, 11) is 4.57. The van der Waals surface area contributed by atoms with Crippen LogP contribution in [0.3, 0.4) is 0 Å². The number of carboxylic acids is 1. The summed E-state index contributed by atoms with van der Waals surface area (Å²) in [5, 5.41) is 12.9. The van der Waals surface area contributed by atoms with Crippen molar-refractivity contribution in [2.75, 3.05) is 27.9 Å². The van der Waals surface area contributed by atoms with Crippen molar-refractivity contribution >= 4 is 28.9 Å². The maximum atomic E-state index is 12.9. The van der Waals surface area contributed by atoms with E-state index in [2.05, 4.69) is 5.32 Å².